The normalized spacial score (nSPS) is 14.9. The number of esters is 2. The van der Waals surface area contributed by atoms with Gasteiger partial charge in [0.05, 0.1) is 26.4 Å². The van der Waals surface area contributed by atoms with Crippen LogP contribution in [0.5, 0.6) is 11.5 Å². The van der Waals surface area contributed by atoms with Gasteiger partial charge < -0.3 is 53.4 Å². The molecule has 1 aromatic heterocycles. The van der Waals surface area contributed by atoms with Crippen molar-refractivity contribution < 1.29 is 61.9 Å². The first-order valence-electron chi connectivity index (χ1n) is 30.5. The molecule has 486 valence electrons. The average molecular weight is 1430 g/mol. The van der Waals surface area contributed by atoms with Gasteiger partial charge in [-0.15, -0.1) is 23.1 Å². The molecule has 2 amide bonds. The third-order valence-corrected chi connectivity index (χ3v) is 18.6. The molecule has 0 radical (unpaired) electrons. The minimum absolute atomic E-state index is 0.0234. The topological polar surface area (TPSA) is 204 Å². The lowest BCUT2D eigenvalue weighted by Crippen LogP contribution is -2.71. The monoisotopic (exact) mass is 1430 g/mol. The minimum Gasteiger partial charge on any atom is -0.464 e. The number of nitrogens with one attached hydrogen (secondary N) is 2. The Morgan fingerprint density at radius 2 is 1.08 bits per heavy atom. The Hall–Kier alpha value is -9.20. The van der Waals surface area contributed by atoms with Crippen LogP contribution in [-0.4, -0.2) is 115 Å². The number of methoxy groups -OCH3 is 2. The van der Waals surface area contributed by atoms with E-state index in [1.54, 1.807) is 31.7 Å². The molecule has 1 fully saturated rings. The molecule has 2 aliphatic rings. The van der Waals surface area contributed by atoms with Gasteiger partial charge in [-0.3, -0.25) is 14.5 Å². The molecule has 9 aromatic rings. The van der Waals surface area contributed by atoms with E-state index in [4.69, 9.17) is 47.7 Å². The van der Waals surface area contributed by atoms with Crippen LogP contribution in [-0.2, 0) is 58.0 Å². The molecule has 2 unspecified atom stereocenters. The molecule has 0 aliphatic carbocycles. The number of fused-ring (bicyclic) bond motifs is 1. The SMILES string of the molecule is COCCOCOc1ccc(C(O/N=C(/C(=O)NC2C(=O)N3C(C(=O)OC(c4ccccc4)c4ccccc4)=C(CI)CS[C@H]23)c2csc(NC(c3ccccc3)(c3ccccc3)c3ccccc3)n2)C(=O)OC(c2ccccc2)c2ccccc2)cc1OCOCCOC. The fraction of sp³-hybridized carbons (Fsp3) is 0.216. The number of benzene rings is 8. The lowest BCUT2D eigenvalue weighted by Gasteiger charge is -2.49. The molecular weight excluding hydrogens is 1360 g/mol. The zero-order valence-electron chi connectivity index (χ0n) is 51.9. The van der Waals surface area contributed by atoms with Gasteiger partial charge >= 0.3 is 11.9 Å². The Morgan fingerprint density at radius 3 is 1.57 bits per heavy atom. The number of nitrogens with zero attached hydrogens (tertiary/aromatic N) is 3. The number of hydrogen-bond acceptors (Lipinski definition) is 18. The number of carbonyl (C=O) groups is 4. The Labute approximate surface area is 572 Å². The molecule has 3 atom stereocenters. The van der Waals surface area contributed by atoms with Crippen molar-refractivity contribution in [2.75, 3.05) is 69.7 Å². The largest absolute Gasteiger partial charge is 0.464 e. The number of anilines is 1. The summed E-state index contributed by atoms with van der Waals surface area (Å²) in [7, 11) is 3.12. The fourth-order valence-electron chi connectivity index (χ4n) is 11.0. The number of aromatic nitrogens is 1. The first-order chi connectivity index (χ1) is 46.7. The molecule has 21 heteroatoms. The van der Waals surface area contributed by atoms with Crippen LogP contribution in [0.25, 0.3) is 0 Å². The smallest absolute Gasteiger partial charge is 0.356 e. The van der Waals surface area contributed by atoms with E-state index in [2.05, 4.69) is 38.4 Å². The second-order valence-electron chi connectivity index (χ2n) is 21.7. The van der Waals surface area contributed by atoms with Gasteiger partial charge in [-0.2, -0.15) is 0 Å². The molecule has 11 rings (SSSR count). The van der Waals surface area contributed by atoms with Crippen LogP contribution in [0.2, 0.25) is 0 Å². The highest BCUT2D eigenvalue weighted by Crippen LogP contribution is 2.44. The number of halogens is 1. The number of carbonyl (C=O) groups excluding carboxylic acids is 4. The van der Waals surface area contributed by atoms with Crippen LogP contribution in [0.15, 0.2) is 252 Å². The summed E-state index contributed by atoms with van der Waals surface area (Å²) in [6.07, 6.45) is -3.47. The van der Waals surface area contributed by atoms with E-state index in [0.29, 0.717) is 45.2 Å². The van der Waals surface area contributed by atoms with E-state index >= 15 is 9.59 Å². The first-order valence-corrected chi connectivity index (χ1v) is 34.0. The number of thioether (sulfide) groups is 1. The Bertz CT molecular complexity index is 3870. The Kier molecular flexibility index (Phi) is 23.5. The summed E-state index contributed by atoms with van der Waals surface area (Å²) >= 11 is 4.79. The summed E-state index contributed by atoms with van der Waals surface area (Å²) in [5.41, 5.74) is 5.06. The molecule has 95 heavy (non-hydrogen) atoms. The van der Waals surface area contributed by atoms with E-state index in [1.165, 1.54) is 34.1 Å². The summed E-state index contributed by atoms with van der Waals surface area (Å²) in [5, 5.41) is 12.6. The van der Waals surface area contributed by atoms with Crippen molar-refractivity contribution in [2.24, 2.45) is 5.16 Å². The molecule has 0 saturated carbocycles. The quantitative estimate of drug-likeness (QED) is 0.00463. The van der Waals surface area contributed by atoms with Crippen LogP contribution in [0.3, 0.4) is 0 Å². The third kappa shape index (κ3) is 16.1. The van der Waals surface area contributed by atoms with Gasteiger partial charge in [0.2, 0.25) is 6.10 Å². The van der Waals surface area contributed by atoms with Crippen LogP contribution in [0.4, 0.5) is 5.13 Å². The van der Waals surface area contributed by atoms with Crippen molar-refractivity contribution >= 4 is 80.3 Å². The standard InChI is InChI=1S/C74H68IN5O13S2/c1-85-40-42-87-48-89-60-39-38-54(44-61(60)90-49-88-43-41-86-2)67(72(84)92-66(52-28-14-5-15-29-52)53-30-16-6-17-31-53)93-79-62(59-47-95-73(76-59)78-74(56-32-18-7-19-33-56,57-34-20-8-21-35-57)58-36-22-9-23-37-58)68(81)77-63-69(82)80-64(55(45-75)46-94-70(63)80)71(83)91-65(50-24-10-3-11-25-50)51-26-12-4-13-27-51/h3-39,44,47,63,65-67,70H,40-43,45-46,48-49H2,1-2H3,(H,76,78)(H,77,81)/b79-62+/t63?,67?,70-/m1/s1. The predicted molar refractivity (Wildman–Crippen MR) is 371 cm³/mol. The van der Waals surface area contributed by atoms with Crippen molar-refractivity contribution in [3.05, 3.63) is 297 Å². The zero-order chi connectivity index (χ0) is 65.8. The number of ether oxygens (including phenoxy) is 8. The minimum atomic E-state index is -1.73. The molecule has 3 heterocycles. The summed E-state index contributed by atoms with van der Waals surface area (Å²) in [5.74, 6) is -2.31. The van der Waals surface area contributed by atoms with Gasteiger partial charge in [0.25, 0.3) is 11.8 Å². The maximum Gasteiger partial charge on any atom is 0.356 e. The summed E-state index contributed by atoms with van der Waals surface area (Å²) < 4.78 is 47.2. The second-order valence-corrected chi connectivity index (χ2v) is 24.4. The summed E-state index contributed by atoms with van der Waals surface area (Å²) in [6.45, 7) is 0.667. The number of hydrogen-bond donors (Lipinski definition) is 2. The lowest BCUT2D eigenvalue weighted by molar-refractivity contribution is -0.162. The molecule has 0 spiro atoms. The Balaban J connectivity index is 0.985. The van der Waals surface area contributed by atoms with Crippen LogP contribution < -0.4 is 20.1 Å². The van der Waals surface area contributed by atoms with Gasteiger partial charge in [-0.1, -0.05) is 246 Å². The first kappa shape index (κ1) is 67.2. The molecule has 8 aromatic carbocycles. The molecule has 0 bridgehead atoms. The van der Waals surface area contributed by atoms with Crippen molar-refractivity contribution in [1.29, 1.82) is 0 Å². The highest BCUT2D eigenvalue weighted by Gasteiger charge is 2.55. The molecule has 1 saturated heterocycles. The van der Waals surface area contributed by atoms with Crippen LogP contribution >= 0.6 is 45.7 Å². The summed E-state index contributed by atoms with van der Waals surface area (Å²) in [6, 6.07) is 70.6. The third-order valence-electron chi connectivity index (χ3n) is 15.6. The van der Waals surface area contributed by atoms with Gasteiger partial charge in [-0.25, -0.2) is 14.6 Å². The number of β-lactam (4-membered cyclic amide) rings is 1. The highest BCUT2D eigenvalue weighted by molar-refractivity contribution is 14.1. The van der Waals surface area contributed by atoms with E-state index < -0.39 is 64.7 Å². The molecule has 2 aliphatic heterocycles. The predicted octanol–water partition coefficient (Wildman–Crippen LogP) is 12.8. The van der Waals surface area contributed by atoms with E-state index in [-0.39, 0.29) is 55.3 Å². The molecule has 2 N–H and O–H groups in total. The van der Waals surface area contributed by atoms with Gasteiger partial charge in [-0.05, 0) is 56.6 Å². The van der Waals surface area contributed by atoms with Gasteiger partial charge in [0.15, 0.2) is 48.1 Å². The second kappa shape index (κ2) is 33.3. The maximum atomic E-state index is 15.6. The van der Waals surface area contributed by atoms with Gasteiger partial charge in [0, 0.05) is 35.3 Å². The lowest BCUT2D eigenvalue weighted by atomic mass is 9.77. The number of alkyl halides is 1. The van der Waals surface area contributed by atoms with Crippen molar-refractivity contribution in [1.82, 2.24) is 15.2 Å². The van der Waals surface area contributed by atoms with Gasteiger partial charge in [0.1, 0.15) is 28.3 Å². The number of amides is 2. The number of oxime groups is 1. The summed E-state index contributed by atoms with van der Waals surface area (Å²) in [4.78, 5) is 73.6. The molecule has 18 nitrogen and oxygen atoms in total. The van der Waals surface area contributed by atoms with E-state index in [0.717, 1.165) is 27.8 Å². The number of rotatable bonds is 32. The van der Waals surface area contributed by atoms with Crippen molar-refractivity contribution in [3.8, 4) is 11.5 Å². The van der Waals surface area contributed by atoms with E-state index in [1.807, 2.05) is 212 Å². The van der Waals surface area contributed by atoms with Crippen LogP contribution in [0.1, 0.15) is 68.5 Å². The Morgan fingerprint density at radius 1 is 0.611 bits per heavy atom. The fourth-order valence-corrected chi connectivity index (χ4v) is 14.1. The average Bonchev–Trinajstić information content (AvgIpc) is 1.42. The highest BCUT2D eigenvalue weighted by atomic mass is 127. The van der Waals surface area contributed by atoms with Crippen LogP contribution in [0, 0.1) is 0 Å². The van der Waals surface area contributed by atoms with Crippen molar-refractivity contribution in [2.45, 2.75) is 35.3 Å². The van der Waals surface area contributed by atoms with E-state index in [9.17, 15) is 9.59 Å². The number of thiazole rings is 1. The zero-order valence-corrected chi connectivity index (χ0v) is 55.7. The molecular formula is C74H68IN5O13S2. The van der Waals surface area contributed by atoms with Crippen molar-refractivity contribution in [3.63, 3.8) is 0 Å². The maximum absolute atomic E-state index is 15.6.